The van der Waals surface area contributed by atoms with Crippen molar-refractivity contribution in [1.82, 2.24) is 5.23 Å². The zero-order valence-electron chi connectivity index (χ0n) is 18.4. The van der Waals surface area contributed by atoms with Gasteiger partial charge >= 0.3 is 17.9 Å². The van der Waals surface area contributed by atoms with E-state index in [0.29, 0.717) is 12.2 Å². The highest BCUT2D eigenvalue weighted by molar-refractivity contribution is 5.89. The van der Waals surface area contributed by atoms with Crippen LogP contribution in [0.4, 0.5) is 0 Å². The Labute approximate surface area is 186 Å². The van der Waals surface area contributed by atoms with E-state index in [-0.39, 0.29) is 13.0 Å². The normalized spacial score (nSPS) is 27.4. The van der Waals surface area contributed by atoms with E-state index < -0.39 is 48.6 Å². The van der Waals surface area contributed by atoms with Crippen molar-refractivity contribution in [2.75, 3.05) is 13.2 Å². The first-order valence-corrected chi connectivity index (χ1v) is 10.8. The number of hydrogen-bond donors (Lipinski definition) is 0. The third kappa shape index (κ3) is 5.83. The van der Waals surface area contributed by atoms with Gasteiger partial charge in [-0.2, -0.15) is 0 Å². The van der Waals surface area contributed by atoms with Gasteiger partial charge in [0.05, 0.1) is 12.2 Å². The van der Waals surface area contributed by atoms with Crippen LogP contribution in [0.5, 0.6) is 0 Å². The van der Waals surface area contributed by atoms with E-state index >= 15 is 0 Å². The summed E-state index contributed by atoms with van der Waals surface area (Å²) in [4.78, 5) is 48.4. The Bertz CT molecular complexity index is 787. The SMILES string of the molecule is CCCCO[C@H]1C[C@@H](OC(=O)c2ccccc2)[C@@H]2[C@@H](C(=O)OCC)[C@H](OC(C)=O)ON2O1. The molecule has 3 rings (SSSR count). The first-order valence-electron chi connectivity index (χ1n) is 10.8. The maximum atomic E-state index is 12.8. The maximum Gasteiger partial charge on any atom is 0.338 e. The highest BCUT2D eigenvalue weighted by Crippen LogP contribution is 2.39. The van der Waals surface area contributed by atoms with Crippen molar-refractivity contribution >= 4 is 17.9 Å². The second-order valence-electron chi connectivity index (χ2n) is 7.44. The van der Waals surface area contributed by atoms with Crippen LogP contribution in [-0.2, 0) is 38.2 Å². The zero-order chi connectivity index (χ0) is 23.1. The standard InChI is InChI=1S/C22H29NO9/c1-4-6-12-28-17-13-16(30-20(25)15-10-8-7-9-11-15)19-18(21(26)27-5-2)22(29-14(3)24)32-23(19)31-17/h7-11,16-19,22H,4-6,12-13H2,1-3H3/t16-,17-,18+,19-,22-/m1/s1. The van der Waals surface area contributed by atoms with Gasteiger partial charge in [-0.1, -0.05) is 36.8 Å². The summed E-state index contributed by atoms with van der Waals surface area (Å²) in [5, 5.41) is 1.04. The van der Waals surface area contributed by atoms with Crippen LogP contribution in [0.2, 0.25) is 0 Å². The number of hydrogen-bond acceptors (Lipinski definition) is 10. The van der Waals surface area contributed by atoms with Crippen molar-refractivity contribution in [3.63, 3.8) is 0 Å². The van der Waals surface area contributed by atoms with Gasteiger partial charge in [-0.3, -0.25) is 9.59 Å². The van der Waals surface area contributed by atoms with Gasteiger partial charge in [0.1, 0.15) is 18.1 Å². The molecule has 0 bridgehead atoms. The Morgan fingerprint density at radius 2 is 1.84 bits per heavy atom. The lowest BCUT2D eigenvalue weighted by molar-refractivity contribution is -0.454. The smallest absolute Gasteiger partial charge is 0.338 e. The largest absolute Gasteiger partial charge is 0.466 e. The molecule has 2 aliphatic rings. The number of carbonyl (C=O) groups excluding carboxylic acids is 3. The third-order valence-electron chi connectivity index (χ3n) is 5.05. The fourth-order valence-electron chi connectivity index (χ4n) is 3.58. The number of esters is 3. The average Bonchev–Trinajstić information content (AvgIpc) is 3.12. The Balaban J connectivity index is 1.85. The molecule has 5 atom stereocenters. The van der Waals surface area contributed by atoms with Crippen LogP contribution < -0.4 is 0 Å². The van der Waals surface area contributed by atoms with E-state index in [4.69, 9.17) is 28.6 Å². The number of ether oxygens (including phenoxy) is 4. The van der Waals surface area contributed by atoms with E-state index in [1.807, 2.05) is 6.92 Å². The molecule has 1 aromatic rings. The van der Waals surface area contributed by atoms with Crippen LogP contribution in [0.15, 0.2) is 30.3 Å². The summed E-state index contributed by atoms with van der Waals surface area (Å²) in [6.45, 7) is 5.45. The fourth-order valence-corrected chi connectivity index (χ4v) is 3.58. The van der Waals surface area contributed by atoms with Gasteiger partial charge in [0.25, 0.3) is 0 Å². The summed E-state index contributed by atoms with van der Waals surface area (Å²) in [5.74, 6) is -2.94. The fraction of sp³-hybridized carbons (Fsp3) is 0.591. The average molecular weight is 451 g/mol. The summed E-state index contributed by atoms with van der Waals surface area (Å²) in [6, 6.07) is 7.60. The van der Waals surface area contributed by atoms with Crippen molar-refractivity contribution in [2.24, 2.45) is 5.92 Å². The molecular weight excluding hydrogens is 422 g/mol. The molecule has 0 aromatic heterocycles. The minimum atomic E-state index is -1.29. The van der Waals surface area contributed by atoms with E-state index in [0.717, 1.165) is 18.1 Å². The second kappa shape index (κ2) is 11.4. The van der Waals surface area contributed by atoms with Crippen molar-refractivity contribution in [3.8, 4) is 0 Å². The number of benzene rings is 1. The van der Waals surface area contributed by atoms with Crippen molar-refractivity contribution in [2.45, 2.75) is 64.8 Å². The lowest BCUT2D eigenvalue weighted by Gasteiger charge is -2.38. The quantitative estimate of drug-likeness (QED) is 0.315. The molecular formula is C22H29NO9. The topological polar surface area (TPSA) is 110 Å². The highest BCUT2D eigenvalue weighted by Gasteiger charge is 2.59. The van der Waals surface area contributed by atoms with E-state index in [1.54, 1.807) is 37.3 Å². The van der Waals surface area contributed by atoms with Crippen molar-refractivity contribution in [3.05, 3.63) is 35.9 Å². The number of nitrogens with zero attached hydrogens (tertiary/aromatic N) is 1. The van der Waals surface area contributed by atoms with Gasteiger partial charge < -0.3 is 18.9 Å². The lowest BCUT2D eigenvalue weighted by atomic mass is 9.92. The molecule has 10 heteroatoms. The number of hydroxylamine groups is 2. The molecule has 0 unspecified atom stereocenters. The van der Waals surface area contributed by atoms with Crippen LogP contribution in [-0.4, -0.2) is 61.1 Å². The molecule has 0 aliphatic carbocycles. The predicted octanol–water partition coefficient (Wildman–Crippen LogP) is 2.37. The summed E-state index contributed by atoms with van der Waals surface area (Å²) in [5.41, 5.74) is 0.358. The molecule has 2 heterocycles. The van der Waals surface area contributed by atoms with E-state index in [9.17, 15) is 14.4 Å². The van der Waals surface area contributed by atoms with Crippen LogP contribution in [0.3, 0.4) is 0 Å². The molecule has 1 aromatic carbocycles. The maximum absolute atomic E-state index is 12.8. The molecule has 0 spiro atoms. The molecule has 0 N–H and O–H groups in total. The first kappa shape index (κ1) is 24.1. The Hall–Kier alpha value is -2.53. The minimum absolute atomic E-state index is 0.118. The molecule has 2 fully saturated rings. The number of unbranched alkanes of at least 4 members (excludes halogenated alkanes) is 1. The molecule has 32 heavy (non-hydrogen) atoms. The highest BCUT2D eigenvalue weighted by atomic mass is 17.0. The number of carbonyl (C=O) groups is 3. The third-order valence-corrected chi connectivity index (χ3v) is 5.05. The summed E-state index contributed by atoms with van der Waals surface area (Å²) in [6.07, 6.45) is -0.996. The van der Waals surface area contributed by atoms with E-state index in [1.165, 1.54) is 6.92 Å². The summed E-state index contributed by atoms with van der Waals surface area (Å²) in [7, 11) is 0. The van der Waals surface area contributed by atoms with Gasteiger partial charge in [0.15, 0.2) is 6.29 Å². The molecule has 0 radical (unpaired) electrons. The van der Waals surface area contributed by atoms with Crippen LogP contribution in [0, 0.1) is 5.92 Å². The number of rotatable bonds is 9. The Morgan fingerprint density at radius 3 is 2.50 bits per heavy atom. The predicted molar refractivity (Wildman–Crippen MR) is 108 cm³/mol. The molecule has 176 valence electrons. The van der Waals surface area contributed by atoms with Gasteiger partial charge in [-0.15, -0.1) is 0 Å². The van der Waals surface area contributed by atoms with E-state index in [2.05, 4.69) is 0 Å². The molecule has 0 amide bonds. The number of fused-ring (bicyclic) bond motifs is 1. The summed E-state index contributed by atoms with van der Waals surface area (Å²) < 4.78 is 21.9. The molecule has 2 saturated heterocycles. The zero-order valence-corrected chi connectivity index (χ0v) is 18.4. The van der Waals surface area contributed by atoms with Crippen LogP contribution in [0.1, 0.15) is 50.4 Å². The van der Waals surface area contributed by atoms with Gasteiger partial charge in [-0.05, 0) is 25.5 Å². The molecule has 2 aliphatic heterocycles. The van der Waals surface area contributed by atoms with Gasteiger partial charge in [0.2, 0.25) is 6.29 Å². The monoisotopic (exact) mass is 451 g/mol. The molecule has 0 saturated carbocycles. The van der Waals surface area contributed by atoms with Gasteiger partial charge in [0, 0.05) is 20.0 Å². The van der Waals surface area contributed by atoms with Gasteiger partial charge in [-0.25, -0.2) is 14.5 Å². The first-order chi connectivity index (χ1) is 15.4. The lowest BCUT2D eigenvalue weighted by Crippen LogP contribution is -2.54. The minimum Gasteiger partial charge on any atom is -0.466 e. The van der Waals surface area contributed by atoms with Crippen molar-refractivity contribution < 1.29 is 43.0 Å². The molecule has 10 nitrogen and oxygen atoms in total. The Kier molecular flexibility index (Phi) is 8.57. The second-order valence-corrected chi connectivity index (χ2v) is 7.44. The Morgan fingerprint density at radius 1 is 1.09 bits per heavy atom. The van der Waals surface area contributed by atoms with Crippen LogP contribution >= 0.6 is 0 Å². The summed E-state index contributed by atoms with van der Waals surface area (Å²) >= 11 is 0. The van der Waals surface area contributed by atoms with Crippen molar-refractivity contribution in [1.29, 1.82) is 0 Å². The van der Waals surface area contributed by atoms with Crippen LogP contribution in [0.25, 0.3) is 0 Å².